The van der Waals surface area contributed by atoms with Crippen LogP contribution < -0.4 is 9.64 Å². The van der Waals surface area contributed by atoms with E-state index >= 15 is 0 Å². The number of phenolic OH excluding ortho intramolecular Hbond substituents is 1. The van der Waals surface area contributed by atoms with Crippen LogP contribution in [0.15, 0.2) is 42.7 Å². The predicted octanol–water partition coefficient (Wildman–Crippen LogP) is 6.43. The first kappa shape index (κ1) is 33.7. The molecule has 0 radical (unpaired) electrons. The number of rotatable bonds is 10. The number of anilines is 1. The molecule has 3 rings (SSSR count). The summed E-state index contributed by atoms with van der Waals surface area (Å²) in [6, 6.07) is 2.28. The molecular formula is C26H24F9N3O4S. The van der Waals surface area contributed by atoms with Crippen LogP contribution in [0.25, 0.3) is 0 Å². The van der Waals surface area contributed by atoms with Gasteiger partial charge in [-0.2, -0.15) is 39.5 Å². The quantitative estimate of drug-likeness (QED) is 0.254. The molecule has 0 amide bonds. The van der Waals surface area contributed by atoms with Gasteiger partial charge in [0.15, 0.2) is 15.6 Å². The van der Waals surface area contributed by atoms with Gasteiger partial charge in [0.1, 0.15) is 12.4 Å². The number of ether oxygens (including phenoxy) is 1. The first-order chi connectivity index (χ1) is 19.7. The van der Waals surface area contributed by atoms with Gasteiger partial charge in [-0.1, -0.05) is 6.92 Å². The average Bonchev–Trinajstić information content (AvgIpc) is 2.87. The zero-order valence-corrected chi connectivity index (χ0v) is 23.2. The van der Waals surface area contributed by atoms with Crippen molar-refractivity contribution in [3.63, 3.8) is 0 Å². The van der Waals surface area contributed by atoms with Crippen LogP contribution in [-0.4, -0.2) is 42.1 Å². The van der Waals surface area contributed by atoms with Crippen molar-refractivity contribution in [1.82, 2.24) is 9.97 Å². The van der Waals surface area contributed by atoms with Gasteiger partial charge in [-0.15, -0.1) is 0 Å². The van der Waals surface area contributed by atoms with E-state index in [4.69, 9.17) is 4.74 Å². The number of phenols is 1. The Hall–Kier alpha value is -3.76. The predicted molar refractivity (Wildman–Crippen MR) is 136 cm³/mol. The molecule has 0 saturated heterocycles. The van der Waals surface area contributed by atoms with Crippen molar-refractivity contribution in [2.75, 3.05) is 23.5 Å². The highest BCUT2D eigenvalue weighted by molar-refractivity contribution is 7.90. The standard InChI is InChI=1S/C26H24F9N3O4S/c1-3-19-20(22(39)5-4-21(19)26(33,34)35)14-38(23-36-11-18(12-37-23)42-6-7-43(2,40)41)13-15-8-16(24(27,28)29)10-17(9-15)25(30,31)32/h4-5,8-12,39H,3,6-7,13-14H2,1-2H3. The number of nitrogens with zero attached hydrogens (tertiary/aromatic N) is 3. The first-order valence-electron chi connectivity index (χ1n) is 12.3. The average molecular weight is 646 g/mol. The largest absolute Gasteiger partial charge is 0.508 e. The van der Waals surface area contributed by atoms with Gasteiger partial charge in [0.25, 0.3) is 0 Å². The summed E-state index contributed by atoms with van der Waals surface area (Å²) >= 11 is 0. The van der Waals surface area contributed by atoms with Crippen molar-refractivity contribution in [3.8, 4) is 11.5 Å². The second-order valence-corrected chi connectivity index (χ2v) is 11.7. The molecule has 0 aliphatic rings. The number of sulfone groups is 1. The van der Waals surface area contributed by atoms with Crippen LogP contribution in [0.1, 0.15) is 40.3 Å². The summed E-state index contributed by atoms with van der Waals surface area (Å²) in [7, 11) is -3.38. The molecule has 0 bridgehead atoms. The molecule has 0 aliphatic carbocycles. The number of alkyl halides is 9. The lowest BCUT2D eigenvalue weighted by atomic mass is 9.96. The number of aromatic nitrogens is 2. The van der Waals surface area contributed by atoms with E-state index in [-0.39, 0.29) is 47.7 Å². The fourth-order valence-corrected chi connectivity index (χ4v) is 4.49. The smallest absolute Gasteiger partial charge is 0.416 e. The Bertz CT molecular complexity index is 1510. The maximum Gasteiger partial charge on any atom is 0.416 e. The van der Waals surface area contributed by atoms with Crippen LogP contribution in [0.5, 0.6) is 11.5 Å². The molecular weight excluding hydrogens is 621 g/mol. The van der Waals surface area contributed by atoms with E-state index in [1.165, 1.54) is 6.92 Å². The SMILES string of the molecule is CCc1c(C(F)(F)F)ccc(O)c1CN(Cc1cc(C(F)(F)F)cc(C(F)(F)F)c1)c1ncc(OCCS(C)(=O)=O)cn1. The zero-order chi connectivity index (χ0) is 32.4. The van der Waals surface area contributed by atoms with Crippen molar-refractivity contribution >= 4 is 15.8 Å². The van der Waals surface area contributed by atoms with Gasteiger partial charge in [0.2, 0.25) is 5.95 Å². The summed E-state index contributed by atoms with van der Waals surface area (Å²) in [4.78, 5) is 8.94. The molecule has 1 aromatic heterocycles. The number of benzene rings is 2. The highest BCUT2D eigenvalue weighted by Crippen LogP contribution is 2.39. The number of aromatic hydroxyl groups is 1. The minimum Gasteiger partial charge on any atom is -0.508 e. The maximum absolute atomic E-state index is 13.7. The van der Waals surface area contributed by atoms with Crippen molar-refractivity contribution in [3.05, 3.63) is 76.1 Å². The minimum absolute atomic E-state index is 0.0399. The Morgan fingerprint density at radius 3 is 1.86 bits per heavy atom. The van der Waals surface area contributed by atoms with E-state index in [1.54, 1.807) is 0 Å². The minimum atomic E-state index is -5.16. The van der Waals surface area contributed by atoms with E-state index in [2.05, 4.69) is 9.97 Å². The highest BCUT2D eigenvalue weighted by Gasteiger charge is 2.38. The van der Waals surface area contributed by atoms with Gasteiger partial charge in [0.05, 0.1) is 41.4 Å². The van der Waals surface area contributed by atoms with Crippen LogP contribution in [-0.2, 0) is 47.9 Å². The molecule has 17 heteroatoms. The van der Waals surface area contributed by atoms with E-state index in [0.29, 0.717) is 18.2 Å². The zero-order valence-electron chi connectivity index (χ0n) is 22.4. The summed E-state index contributed by atoms with van der Waals surface area (Å²) in [5.74, 6) is -1.34. The molecule has 7 nitrogen and oxygen atoms in total. The van der Waals surface area contributed by atoms with Crippen molar-refractivity contribution in [2.45, 2.75) is 45.0 Å². The lowest BCUT2D eigenvalue weighted by molar-refractivity contribution is -0.143. The molecule has 1 N–H and O–H groups in total. The Morgan fingerprint density at radius 1 is 0.837 bits per heavy atom. The maximum atomic E-state index is 13.7. The summed E-state index contributed by atoms with van der Waals surface area (Å²) in [5, 5.41) is 10.5. The molecule has 43 heavy (non-hydrogen) atoms. The molecule has 0 aliphatic heterocycles. The second-order valence-electron chi connectivity index (χ2n) is 9.41. The van der Waals surface area contributed by atoms with Crippen molar-refractivity contribution in [2.24, 2.45) is 0 Å². The van der Waals surface area contributed by atoms with Crippen LogP contribution in [0.4, 0.5) is 45.5 Å². The topological polar surface area (TPSA) is 92.6 Å². The van der Waals surface area contributed by atoms with Gasteiger partial charge in [0, 0.05) is 18.4 Å². The monoisotopic (exact) mass is 645 g/mol. The molecule has 0 unspecified atom stereocenters. The third-order valence-corrected chi connectivity index (χ3v) is 6.96. The molecule has 1 heterocycles. The van der Waals surface area contributed by atoms with Crippen LogP contribution >= 0.6 is 0 Å². The van der Waals surface area contributed by atoms with Crippen molar-refractivity contribution in [1.29, 1.82) is 0 Å². The van der Waals surface area contributed by atoms with E-state index in [9.17, 15) is 53.0 Å². The van der Waals surface area contributed by atoms with E-state index in [1.807, 2.05) is 0 Å². The summed E-state index contributed by atoms with van der Waals surface area (Å²) < 4.78 is 150. The highest BCUT2D eigenvalue weighted by atomic mass is 32.2. The van der Waals surface area contributed by atoms with Crippen LogP contribution in [0.3, 0.4) is 0 Å². The van der Waals surface area contributed by atoms with Gasteiger partial charge >= 0.3 is 18.5 Å². The third kappa shape index (κ3) is 9.11. The molecule has 0 saturated carbocycles. The van der Waals surface area contributed by atoms with Gasteiger partial charge in [-0.3, -0.25) is 0 Å². The number of halogens is 9. The normalized spacial score (nSPS) is 12.8. The van der Waals surface area contributed by atoms with E-state index in [0.717, 1.165) is 29.6 Å². The fraction of sp³-hybridized carbons (Fsp3) is 0.385. The summed E-state index contributed by atoms with van der Waals surface area (Å²) in [6.45, 7) is -0.308. The van der Waals surface area contributed by atoms with Crippen LogP contribution in [0, 0.1) is 0 Å². The van der Waals surface area contributed by atoms with Gasteiger partial charge in [-0.05, 0) is 47.9 Å². The Kier molecular flexibility index (Phi) is 9.78. The summed E-state index contributed by atoms with van der Waals surface area (Å²) in [6.07, 6.45) is -12.3. The Morgan fingerprint density at radius 2 is 1.40 bits per heavy atom. The molecule has 2 aromatic carbocycles. The van der Waals surface area contributed by atoms with Gasteiger partial charge < -0.3 is 14.7 Å². The molecule has 0 spiro atoms. The van der Waals surface area contributed by atoms with Crippen LogP contribution in [0.2, 0.25) is 0 Å². The summed E-state index contributed by atoms with van der Waals surface area (Å²) in [5.41, 5.74) is -5.47. The number of hydrogen-bond donors (Lipinski definition) is 1. The third-order valence-electron chi connectivity index (χ3n) is 6.06. The van der Waals surface area contributed by atoms with Crippen molar-refractivity contribution < 1.29 is 57.8 Å². The molecule has 236 valence electrons. The first-order valence-corrected chi connectivity index (χ1v) is 14.3. The Labute approximate surface area is 239 Å². The Balaban J connectivity index is 2.11. The lowest BCUT2D eigenvalue weighted by Gasteiger charge is -2.26. The fourth-order valence-electron chi connectivity index (χ4n) is 4.10. The molecule has 0 fully saturated rings. The molecule has 0 atom stereocenters. The number of hydrogen-bond acceptors (Lipinski definition) is 7. The molecule has 3 aromatic rings. The van der Waals surface area contributed by atoms with Gasteiger partial charge in [-0.25, -0.2) is 18.4 Å². The van der Waals surface area contributed by atoms with E-state index < -0.39 is 69.5 Å². The lowest BCUT2D eigenvalue weighted by Crippen LogP contribution is -2.26. The second kappa shape index (κ2) is 12.5.